The second kappa shape index (κ2) is 25.4. The van der Waals surface area contributed by atoms with E-state index < -0.39 is 0 Å². The van der Waals surface area contributed by atoms with Crippen molar-refractivity contribution in [2.24, 2.45) is 23.7 Å². The first kappa shape index (κ1) is 45.4. The van der Waals surface area contributed by atoms with Gasteiger partial charge in [-0.1, -0.05) is 113 Å². The molecule has 0 bridgehead atoms. The molecule has 50 heavy (non-hydrogen) atoms. The smallest absolute Gasteiger partial charge is 0.154 e. The van der Waals surface area contributed by atoms with Crippen LogP contribution in [0, 0.1) is 76.8 Å². The van der Waals surface area contributed by atoms with Gasteiger partial charge in [-0.2, -0.15) is 0 Å². The lowest BCUT2D eigenvalue weighted by atomic mass is 9.84. The van der Waals surface area contributed by atoms with Crippen molar-refractivity contribution in [3.05, 3.63) is 106 Å². The number of benzene rings is 3. The second-order valence-corrected chi connectivity index (χ2v) is 15.2. The first-order chi connectivity index (χ1) is 23.5. The molecule has 2 unspecified atom stereocenters. The SMILES string of the molecule is CC1CCC(C)CC1.CC1CCC(C)OC1.CC1COC(C)OC1.Cc1ccc(C)c(F)c1.Cc1ccc(C)c(F)c1.Cc1ccc(C)cc1. The number of rotatable bonds is 0. The van der Waals surface area contributed by atoms with Crippen LogP contribution in [-0.2, 0) is 14.2 Å². The van der Waals surface area contributed by atoms with Crippen LogP contribution >= 0.6 is 0 Å². The molecule has 2 atom stereocenters. The van der Waals surface area contributed by atoms with E-state index in [1.54, 1.807) is 26.0 Å². The molecule has 0 radical (unpaired) electrons. The third-order valence-electron chi connectivity index (χ3n) is 9.14. The van der Waals surface area contributed by atoms with E-state index in [0.29, 0.717) is 23.1 Å². The molecule has 282 valence electrons. The van der Waals surface area contributed by atoms with Gasteiger partial charge in [0.1, 0.15) is 11.6 Å². The summed E-state index contributed by atoms with van der Waals surface area (Å²) < 4.78 is 40.9. The molecule has 5 heteroatoms. The number of hydrogen-bond donors (Lipinski definition) is 0. The molecule has 3 nitrogen and oxygen atoms in total. The summed E-state index contributed by atoms with van der Waals surface area (Å²) in [5.74, 6) is 3.18. The first-order valence-corrected chi connectivity index (χ1v) is 18.9. The molecule has 2 aliphatic heterocycles. The molecule has 3 aromatic carbocycles. The molecule has 0 spiro atoms. The third-order valence-corrected chi connectivity index (χ3v) is 9.14. The van der Waals surface area contributed by atoms with Crippen LogP contribution in [0.15, 0.2) is 60.7 Å². The normalized spacial score (nSPS) is 24.0. The minimum Gasteiger partial charge on any atom is -0.378 e. The van der Waals surface area contributed by atoms with Crippen LogP contribution in [0.3, 0.4) is 0 Å². The van der Waals surface area contributed by atoms with Gasteiger partial charge in [0.15, 0.2) is 6.29 Å². The largest absolute Gasteiger partial charge is 0.378 e. The maximum Gasteiger partial charge on any atom is 0.154 e. The second-order valence-electron chi connectivity index (χ2n) is 15.2. The van der Waals surface area contributed by atoms with E-state index in [1.807, 2.05) is 32.9 Å². The summed E-state index contributed by atoms with van der Waals surface area (Å²) in [6.45, 7) is 27.3. The highest BCUT2D eigenvalue weighted by Crippen LogP contribution is 2.27. The predicted octanol–water partition coefficient (Wildman–Crippen LogP) is 12.9. The van der Waals surface area contributed by atoms with Crippen molar-refractivity contribution in [1.29, 1.82) is 0 Å². The van der Waals surface area contributed by atoms with E-state index in [4.69, 9.17) is 14.2 Å². The third kappa shape index (κ3) is 22.3. The van der Waals surface area contributed by atoms with Crippen molar-refractivity contribution in [2.75, 3.05) is 19.8 Å². The van der Waals surface area contributed by atoms with Crippen molar-refractivity contribution in [2.45, 2.75) is 134 Å². The number of halogens is 2. The fourth-order valence-electron chi connectivity index (χ4n) is 5.17. The fourth-order valence-corrected chi connectivity index (χ4v) is 5.17. The fraction of sp³-hybridized carbons (Fsp3) is 0.600. The minimum atomic E-state index is -0.116. The molecule has 2 saturated heterocycles. The summed E-state index contributed by atoms with van der Waals surface area (Å²) in [7, 11) is 0. The van der Waals surface area contributed by atoms with Gasteiger partial charge in [-0.3, -0.25) is 0 Å². The Labute approximate surface area is 305 Å². The number of hydrogen-bond acceptors (Lipinski definition) is 3. The summed E-state index contributed by atoms with van der Waals surface area (Å²) in [4.78, 5) is 0. The molecule has 0 N–H and O–H groups in total. The minimum absolute atomic E-state index is 0.0196. The zero-order valence-electron chi connectivity index (χ0n) is 33.6. The molecule has 2 heterocycles. The molecule has 3 fully saturated rings. The molecule has 1 aliphatic carbocycles. The Morgan fingerprint density at radius 2 is 0.760 bits per heavy atom. The molecule has 1 saturated carbocycles. The Morgan fingerprint density at radius 3 is 1.04 bits per heavy atom. The Bertz CT molecular complexity index is 1140. The van der Waals surface area contributed by atoms with Crippen LogP contribution in [-0.4, -0.2) is 32.2 Å². The molecular weight excluding hydrogens is 626 g/mol. The van der Waals surface area contributed by atoms with Crippen LogP contribution in [0.2, 0.25) is 0 Å². The average molecular weight is 697 g/mol. The Morgan fingerprint density at radius 1 is 0.420 bits per heavy atom. The van der Waals surface area contributed by atoms with Crippen LogP contribution < -0.4 is 0 Å². The van der Waals surface area contributed by atoms with E-state index in [2.05, 4.69) is 72.7 Å². The van der Waals surface area contributed by atoms with Crippen molar-refractivity contribution in [1.82, 2.24) is 0 Å². The van der Waals surface area contributed by atoms with Crippen LogP contribution in [0.25, 0.3) is 0 Å². The first-order valence-electron chi connectivity index (χ1n) is 18.9. The van der Waals surface area contributed by atoms with Crippen LogP contribution in [0.5, 0.6) is 0 Å². The van der Waals surface area contributed by atoms with Gasteiger partial charge in [0.25, 0.3) is 0 Å². The summed E-state index contributed by atoms with van der Waals surface area (Å²) in [5, 5.41) is 0. The zero-order chi connectivity index (χ0) is 37.6. The highest BCUT2D eigenvalue weighted by molar-refractivity contribution is 5.22. The van der Waals surface area contributed by atoms with Crippen molar-refractivity contribution in [3.63, 3.8) is 0 Å². The quantitative estimate of drug-likeness (QED) is 0.234. The van der Waals surface area contributed by atoms with Gasteiger partial charge < -0.3 is 14.2 Å². The lowest BCUT2D eigenvalue weighted by molar-refractivity contribution is -0.187. The van der Waals surface area contributed by atoms with Crippen molar-refractivity contribution >= 4 is 0 Å². The summed E-state index contributed by atoms with van der Waals surface area (Å²) in [6, 6.07) is 18.9. The lowest BCUT2D eigenvalue weighted by Gasteiger charge is -2.24. The number of ether oxygens (including phenoxy) is 3. The van der Waals surface area contributed by atoms with Crippen LogP contribution in [0.1, 0.15) is 113 Å². The van der Waals surface area contributed by atoms with E-state index in [1.165, 1.54) is 61.8 Å². The van der Waals surface area contributed by atoms with Gasteiger partial charge in [-0.15, -0.1) is 0 Å². The number of aryl methyl sites for hydroxylation is 6. The van der Waals surface area contributed by atoms with Gasteiger partial charge in [0.2, 0.25) is 0 Å². The summed E-state index contributed by atoms with van der Waals surface area (Å²) >= 11 is 0. The van der Waals surface area contributed by atoms with E-state index in [9.17, 15) is 8.78 Å². The summed E-state index contributed by atoms with van der Waals surface area (Å²) in [5.41, 5.74) is 6.02. The highest BCUT2D eigenvalue weighted by atomic mass is 19.1. The maximum atomic E-state index is 12.6. The van der Waals surface area contributed by atoms with Crippen molar-refractivity contribution in [3.8, 4) is 0 Å². The average Bonchev–Trinajstić information content (AvgIpc) is 3.08. The Balaban J connectivity index is 0.000000300. The van der Waals surface area contributed by atoms with E-state index in [-0.39, 0.29) is 17.9 Å². The van der Waals surface area contributed by atoms with Gasteiger partial charge in [0, 0.05) is 12.5 Å². The van der Waals surface area contributed by atoms with Gasteiger partial charge in [0.05, 0.1) is 19.3 Å². The maximum absolute atomic E-state index is 12.6. The van der Waals surface area contributed by atoms with E-state index >= 15 is 0 Å². The standard InChI is InChI=1S/2C8H9F.C8H16.C8H10.C7H14O.C6H12O2/c2*1-6-3-4-7(2)8(9)5-6;2*1-7-3-5-8(2)6-4-7;1-6-3-4-7(2)8-5-6;1-5-3-7-6(2)8-4-5/h2*3-5H,1-2H3;7-8H,3-6H2,1-2H3;3-6H,1-2H3;6-7H,3-5H2,1-2H3;5-6H,3-4H2,1-2H3. The monoisotopic (exact) mass is 697 g/mol. The topological polar surface area (TPSA) is 27.7 Å². The van der Waals surface area contributed by atoms with Gasteiger partial charge >= 0.3 is 0 Å². The zero-order valence-corrected chi connectivity index (χ0v) is 33.6. The van der Waals surface area contributed by atoms with Gasteiger partial charge in [-0.25, -0.2) is 8.78 Å². The Hall–Kier alpha value is -2.60. The molecule has 0 aromatic heterocycles. The molecule has 3 aromatic rings. The molecule has 3 aliphatic rings. The molecule has 0 amide bonds. The lowest BCUT2D eigenvalue weighted by Crippen LogP contribution is -2.27. The van der Waals surface area contributed by atoms with Gasteiger partial charge in [-0.05, 0) is 120 Å². The van der Waals surface area contributed by atoms with Crippen LogP contribution in [0.4, 0.5) is 8.78 Å². The summed E-state index contributed by atoms with van der Waals surface area (Å²) in [6.07, 6.45) is 9.03. The van der Waals surface area contributed by atoms with E-state index in [0.717, 1.165) is 48.7 Å². The predicted molar refractivity (Wildman–Crippen MR) is 209 cm³/mol. The van der Waals surface area contributed by atoms with Crippen molar-refractivity contribution < 1.29 is 23.0 Å². The highest BCUT2D eigenvalue weighted by Gasteiger charge is 2.15. The molecular formula is C45H70F2O3. The Kier molecular flexibility index (Phi) is 23.0. The molecule has 6 rings (SSSR count).